The summed E-state index contributed by atoms with van der Waals surface area (Å²) in [6, 6.07) is 9.33. The van der Waals surface area contributed by atoms with Crippen LogP contribution in [0.5, 0.6) is 0 Å². The highest BCUT2D eigenvalue weighted by Gasteiger charge is 1.92. The lowest BCUT2D eigenvalue weighted by Gasteiger charge is -1.97. The summed E-state index contributed by atoms with van der Waals surface area (Å²) in [7, 11) is 0. The van der Waals surface area contributed by atoms with Crippen LogP contribution >= 0.6 is 0 Å². The van der Waals surface area contributed by atoms with Gasteiger partial charge in [0.05, 0.1) is 0 Å². The Hall–Kier alpha value is -1.57. The molecule has 0 spiro atoms. The molecule has 0 amide bonds. The van der Waals surface area contributed by atoms with Gasteiger partial charge in [-0.3, -0.25) is 4.79 Å². The Balaban J connectivity index is 0.000000617. The summed E-state index contributed by atoms with van der Waals surface area (Å²) in [4.78, 5) is 13.7. The van der Waals surface area contributed by atoms with Gasteiger partial charge in [0, 0.05) is 13.0 Å². The lowest BCUT2D eigenvalue weighted by molar-refractivity contribution is 1.30. The molecule has 14 heavy (non-hydrogen) atoms. The summed E-state index contributed by atoms with van der Waals surface area (Å²) in [6.07, 6.45) is 0. The van der Waals surface area contributed by atoms with Crippen molar-refractivity contribution in [3.05, 3.63) is 46.2 Å². The molecule has 0 aliphatic rings. The van der Waals surface area contributed by atoms with Crippen molar-refractivity contribution in [3.63, 3.8) is 0 Å². The lowest BCUT2D eigenvalue weighted by atomic mass is 10.1. The van der Waals surface area contributed by atoms with E-state index in [0.717, 1.165) is 10.9 Å². The Morgan fingerprint density at radius 1 is 1.14 bits per heavy atom. The highest BCUT2D eigenvalue weighted by molar-refractivity contribution is 5.78. The lowest BCUT2D eigenvalue weighted by Crippen LogP contribution is -2.01. The molecule has 0 aliphatic heterocycles. The third-order valence-corrected chi connectivity index (χ3v) is 1.88. The first-order chi connectivity index (χ1) is 6.75. The highest BCUT2D eigenvalue weighted by Crippen LogP contribution is 2.10. The fourth-order valence-corrected chi connectivity index (χ4v) is 1.27. The van der Waals surface area contributed by atoms with Crippen molar-refractivity contribution < 1.29 is 1.43 Å². The molecule has 0 fully saturated rings. The number of H-pyrrole nitrogens is 1. The van der Waals surface area contributed by atoms with Gasteiger partial charge < -0.3 is 4.98 Å². The van der Waals surface area contributed by atoms with Gasteiger partial charge in [0.25, 0.3) is 0 Å². The number of aryl methyl sites for hydroxylation is 1. The molecule has 0 saturated heterocycles. The van der Waals surface area contributed by atoms with E-state index in [1.54, 1.807) is 6.07 Å². The zero-order valence-corrected chi connectivity index (χ0v) is 8.79. The quantitative estimate of drug-likeness (QED) is 0.682. The Bertz CT molecular complexity index is 476. The summed E-state index contributed by atoms with van der Waals surface area (Å²) < 4.78 is 0. The van der Waals surface area contributed by atoms with Crippen LogP contribution in [-0.2, 0) is 0 Å². The standard InChI is InChI=1S/C10H9NO.C2H6.H2/c1-7-2-4-9-8(6-7)3-5-10(12)11-9;1-2;/h2-6H,1H3,(H,11,12);1-2H3;1H. The fraction of sp³-hybridized carbons (Fsp3) is 0.250. The summed E-state index contributed by atoms with van der Waals surface area (Å²) in [5, 5.41) is 1.08. The zero-order valence-electron chi connectivity index (χ0n) is 8.79. The van der Waals surface area contributed by atoms with E-state index >= 15 is 0 Å². The third kappa shape index (κ3) is 2.22. The molecule has 2 rings (SSSR count). The van der Waals surface area contributed by atoms with Gasteiger partial charge in [-0.25, -0.2) is 0 Å². The average Bonchev–Trinajstić information content (AvgIpc) is 2.21. The number of hydrogen-bond acceptors (Lipinski definition) is 1. The first-order valence-corrected chi connectivity index (χ1v) is 4.85. The second kappa shape index (κ2) is 4.61. The van der Waals surface area contributed by atoms with Gasteiger partial charge in [-0.2, -0.15) is 0 Å². The second-order valence-corrected chi connectivity index (χ2v) is 2.91. The van der Waals surface area contributed by atoms with E-state index in [-0.39, 0.29) is 6.99 Å². The predicted molar refractivity (Wildman–Crippen MR) is 62.8 cm³/mol. The normalized spacial score (nSPS) is 9.36. The van der Waals surface area contributed by atoms with Crippen molar-refractivity contribution in [1.29, 1.82) is 0 Å². The second-order valence-electron chi connectivity index (χ2n) is 2.91. The van der Waals surface area contributed by atoms with Crippen molar-refractivity contribution in [2.45, 2.75) is 20.8 Å². The van der Waals surface area contributed by atoms with E-state index in [9.17, 15) is 4.79 Å². The van der Waals surface area contributed by atoms with Crippen molar-refractivity contribution in [2.75, 3.05) is 0 Å². The molecular weight excluding hydrogens is 174 g/mol. The van der Waals surface area contributed by atoms with Crippen LogP contribution in [0.1, 0.15) is 20.8 Å². The number of fused-ring (bicyclic) bond motifs is 1. The van der Waals surface area contributed by atoms with Crippen LogP contribution in [0.2, 0.25) is 0 Å². The molecule has 0 radical (unpaired) electrons. The number of benzene rings is 1. The maximum atomic E-state index is 10.9. The third-order valence-electron chi connectivity index (χ3n) is 1.88. The molecule has 0 unspecified atom stereocenters. The smallest absolute Gasteiger partial charge is 0.248 e. The molecule has 76 valence electrons. The Morgan fingerprint density at radius 3 is 2.57 bits per heavy atom. The first-order valence-electron chi connectivity index (χ1n) is 4.85. The van der Waals surface area contributed by atoms with E-state index in [0.29, 0.717) is 0 Å². The zero-order chi connectivity index (χ0) is 10.6. The van der Waals surface area contributed by atoms with Crippen molar-refractivity contribution in [2.24, 2.45) is 0 Å². The predicted octanol–water partition coefficient (Wildman–Crippen LogP) is 3.11. The van der Waals surface area contributed by atoms with E-state index < -0.39 is 0 Å². The van der Waals surface area contributed by atoms with Gasteiger partial charge in [0.15, 0.2) is 0 Å². The van der Waals surface area contributed by atoms with Crippen molar-refractivity contribution in [1.82, 2.24) is 4.98 Å². The number of nitrogens with one attached hydrogen (secondary N) is 1. The number of rotatable bonds is 0. The molecule has 0 atom stereocenters. The summed E-state index contributed by atoms with van der Waals surface area (Å²) in [5.74, 6) is 0. The first kappa shape index (κ1) is 10.5. The summed E-state index contributed by atoms with van der Waals surface area (Å²) in [5.41, 5.74) is 2.05. The minimum atomic E-state index is -0.0497. The number of hydrogen-bond donors (Lipinski definition) is 1. The van der Waals surface area contributed by atoms with Gasteiger partial charge in [-0.05, 0) is 30.5 Å². The van der Waals surface area contributed by atoms with Crippen LogP contribution in [0, 0.1) is 6.92 Å². The van der Waals surface area contributed by atoms with Crippen LogP contribution in [0.25, 0.3) is 10.9 Å². The van der Waals surface area contributed by atoms with Crippen LogP contribution in [0.4, 0.5) is 0 Å². The van der Waals surface area contributed by atoms with Crippen LogP contribution in [0.15, 0.2) is 35.1 Å². The molecule has 2 aromatic rings. The molecule has 1 heterocycles. The maximum Gasteiger partial charge on any atom is 0.248 e. The van der Waals surface area contributed by atoms with Crippen LogP contribution in [0.3, 0.4) is 0 Å². The van der Waals surface area contributed by atoms with Crippen LogP contribution < -0.4 is 5.56 Å². The molecule has 2 heteroatoms. The van der Waals surface area contributed by atoms with E-state index in [2.05, 4.69) is 4.98 Å². The molecule has 0 aliphatic carbocycles. The molecule has 1 N–H and O–H groups in total. The number of aromatic nitrogens is 1. The number of pyridine rings is 1. The average molecular weight is 191 g/mol. The van der Waals surface area contributed by atoms with E-state index in [1.165, 1.54) is 5.56 Å². The van der Waals surface area contributed by atoms with Gasteiger partial charge >= 0.3 is 0 Å². The van der Waals surface area contributed by atoms with Gasteiger partial charge in [-0.1, -0.05) is 25.5 Å². The molecule has 2 nitrogen and oxygen atoms in total. The molecular formula is C12H17NO. The van der Waals surface area contributed by atoms with E-state index in [4.69, 9.17) is 0 Å². The topological polar surface area (TPSA) is 32.9 Å². The monoisotopic (exact) mass is 191 g/mol. The van der Waals surface area contributed by atoms with Crippen molar-refractivity contribution >= 4 is 10.9 Å². The maximum absolute atomic E-state index is 10.9. The SMILES string of the molecule is CC.Cc1ccc2[nH]c(=O)ccc2c1.[HH]. The molecule has 0 saturated carbocycles. The van der Waals surface area contributed by atoms with Gasteiger partial charge in [0.2, 0.25) is 5.56 Å². The number of aromatic amines is 1. The van der Waals surface area contributed by atoms with Crippen molar-refractivity contribution in [3.8, 4) is 0 Å². The molecule has 1 aromatic heterocycles. The summed E-state index contributed by atoms with van der Waals surface area (Å²) in [6.45, 7) is 6.03. The van der Waals surface area contributed by atoms with Gasteiger partial charge in [0.1, 0.15) is 0 Å². The van der Waals surface area contributed by atoms with E-state index in [1.807, 2.05) is 45.0 Å². The Morgan fingerprint density at radius 2 is 1.86 bits per heavy atom. The minimum absolute atomic E-state index is 0. The fourth-order valence-electron chi connectivity index (χ4n) is 1.27. The molecule has 0 bridgehead atoms. The highest BCUT2D eigenvalue weighted by atomic mass is 16.1. The van der Waals surface area contributed by atoms with Crippen LogP contribution in [-0.4, -0.2) is 4.98 Å². The molecule has 1 aromatic carbocycles. The largest absolute Gasteiger partial charge is 0.322 e. The van der Waals surface area contributed by atoms with Gasteiger partial charge in [-0.15, -0.1) is 0 Å². The Labute approximate surface area is 85.1 Å². The summed E-state index contributed by atoms with van der Waals surface area (Å²) >= 11 is 0. The Kier molecular flexibility index (Phi) is 3.46. The minimum Gasteiger partial charge on any atom is -0.322 e.